The van der Waals surface area contributed by atoms with E-state index in [4.69, 9.17) is 0 Å². The molecule has 0 bridgehead atoms. The van der Waals surface area contributed by atoms with Crippen LogP contribution < -0.4 is 0 Å². The maximum atomic E-state index is 12.3. The van der Waals surface area contributed by atoms with E-state index in [0.717, 1.165) is 9.37 Å². The molecular weight excluding hydrogens is 322 g/mol. The molecule has 0 radical (unpaired) electrons. The van der Waals surface area contributed by atoms with Crippen molar-refractivity contribution < 1.29 is 4.79 Å². The zero-order chi connectivity index (χ0) is 14.3. The van der Waals surface area contributed by atoms with Crippen molar-refractivity contribution in [2.24, 2.45) is 0 Å². The fourth-order valence-electron chi connectivity index (χ4n) is 1.59. The summed E-state index contributed by atoms with van der Waals surface area (Å²) in [5.41, 5.74) is 0. The summed E-state index contributed by atoms with van der Waals surface area (Å²) in [7, 11) is 0. The van der Waals surface area contributed by atoms with E-state index in [0.29, 0.717) is 13.1 Å². The first kappa shape index (κ1) is 16.1. The van der Waals surface area contributed by atoms with Crippen LogP contribution in [0.25, 0.3) is 0 Å². The molecule has 2 nitrogen and oxygen atoms in total. The van der Waals surface area contributed by atoms with Gasteiger partial charge in [0.1, 0.15) is 0 Å². The number of benzene rings is 1. The average Bonchev–Trinajstić information content (AvgIpc) is 2.40. The SMILES string of the molecule is C=CCN(CC=C)C(=O)C(C)Sc1ccc(Br)cc1. The van der Waals surface area contributed by atoms with Crippen LogP contribution in [0.3, 0.4) is 0 Å². The van der Waals surface area contributed by atoms with Crippen LogP contribution in [0.5, 0.6) is 0 Å². The normalized spacial score (nSPS) is 11.7. The minimum atomic E-state index is -0.124. The summed E-state index contributed by atoms with van der Waals surface area (Å²) in [5, 5.41) is -0.124. The van der Waals surface area contributed by atoms with Gasteiger partial charge in [0.05, 0.1) is 5.25 Å². The summed E-state index contributed by atoms with van der Waals surface area (Å²) >= 11 is 4.96. The molecule has 0 saturated heterocycles. The van der Waals surface area contributed by atoms with Crippen LogP contribution in [0.15, 0.2) is 58.9 Å². The molecule has 0 aliphatic carbocycles. The molecule has 0 spiro atoms. The molecule has 0 aliphatic heterocycles. The molecule has 0 N–H and O–H groups in total. The first-order valence-corrected chi connectivity index (χ1v) is 7.68. The third kappa shape index (κ3) is 5.25. The van der Waals surface area contributed by atoms with Crippen LogP contribution in [-0.4, -0.2) is 29.1 Å². The van der Waals surface area contributed by atoms with Gasteiger partial charge in [-0.1, -0.05) is 28.1 Å². The predicted octanol–water partition coefficient (Wildman–Crippen LogP) is 4.13. The number of amides is 1. The smallest absolute Gasteiger partial charge is 0.236 e. The zero-order valence-electron chi connectivity index (χ0n) is 11.0. The fourth-order valence-corrected chi connectivity index (χ4v) is 2.81. The Balaban J connectivity index is 2.67. The Bertz CT molecular complexity index is 434. The van der Waals surface area contributed by atoms with Crippen molar-refractivity contribution in [1.29, 1.82) is 0 Å². The predicted molar refractivity (Wildman–Crippen MR) is 86.4 cm³/mol. The van der Waals surface area contributed by atoms with E-state index in [1.165, 1.54) is 0 Å². The second-order valence-corrected chi connectivity index (χ2v) is 6.36. The van der Waals surface area contributed by atoms with Crippen LogP contribution >= 0.6 is 27.7 Å². The van der Waals surface area contributed by atoms with E-state index in [1.54, 1.807) is 28.8 Å². The van der Waals surface area contributed by atoms with Gasteiger partial charge in [0.25, 0.3) is 0 Å². The van der Waals surface area contributed by atoms with Crippen LogP contribution in [0.2, 0.25) is 0 Å². The lowest BCUT2D eigenvalue weighted by Gasteiger charge is -2.23. The Morgan fingerprint density at radius 2 is 1.84 bits per heavy atom. The van der Waals surface area contributed by atoms with E-state index in [9.17, 15) is 4.79 Å². The highest BCUT2D eigenvalue weighted by molar-refractivity contribution is 9.10. The third-order valence-electron chi connectivity index (χ3n) is 2.48. The number of thioether (sulfide) groups is 1. The second kappa shape index (κ2) is 8.23. The number of nitrogens with zero attached hydrogens (tertiary/aromatic N) is 1. The molecule has 0 saturated carbocycles. The van der Waals surface area contributed by atoms with E-state index < -0.39 is 0 Å². The highest BCUT2D eigenvalue weighted by atomic mass is 79.9. The second-order valence-electron chi connectivity index (χ2n) is 4.03. The molecule has 1 aromatic carbocycles. The quantitative estimate of drug-likeness (QED) is 0.549. The van der Waals surface area contributed by atoms with Crippen molar-refractivity contribution in [2.75, 3.05) is 13.1 Å². The zero-order valence-corrected chi connectivity index (χ0v) is 13.4. The number of halogens is 1. The molecule has 1 atom stereocenters. The highest BCUT2D eigenvalue weighted by Gasteiger charge is 2.19. The van der Waals surface area contributed by atoms with Crippen molar-refractivity contribution >= 4 is 33.6 Å². The monoisotopic (exact) mass is 339 g/mol. The fraction of sp³-hybridized carbons (Fsp3) is 0.267. The molecule has 19 heavy (non-hydrogen) atoms. The Kier molecular flexibility index (Phi) is 6.95. The van der Waals surface area contributed by atoms with Crippen molar-refractivity contribution in [1.82, 2.24) is 4.90 Å². The molecule has 0 aliphatic rings. The van der Waals surface area contributed by atoms with Crippen molar-refractivity contribution in [3.05, 3.63) is 54.0 Å². The first-order valence-electron chi connectivity index (χ1n) is 6.01. The summed E-state index contributed by atoms with van der Waals surface area (Å²) in [5.74, 6) is 0.104. The molecule has 1 aromatic rings. The number of carbonyl (C=O) groups excluding carboxylic acids is 1. The summed E-state index contributed by atoms with van der Waals surface area (Å²) < 4.78 is 1.04. The highest BCUT2D eigenvalue weighted by Crippen LogP contribution is 2.25. The molecular formula is C15H18BrNOS. The van der Waals surface area contributed by atoms with Crippen LogP contribution in [0, 0.1) is 0 Å². The average molecular weight is 340 g/mol. The van der Waals surface area contributed by atoms with Gasteiger partial charge in [0.15, 0.2) is 0 Å². The number of carbonyl (C=O) groups is 1. The van der Waals surface area contributed by atoms with E-state index in [2.05, 4.69) is 29.1 Å². The van der Waals surface area contributed by atoms with E-state index in [-0.39, 0.29) is 11.2 Å². The Labute approximate surface area is 127 Å². The molecule has 0 aromatic heterocycles. The van der Waals surface area contributed by atoms with E-state index in [1.807, 2.05) is 31.2 Å². The van der Waals surface area contributed by atoms with Gasteiger partial charge in [-0.3, -0.25) is 4.79 Å². The maximum absolute atomic E-state index is 12.3. The van der Waals surface area contributed by atoms with Gasteiger partial charge in [-0.25, -0.2) is 0 Å². The molecule has 4 heteroatoms. The van der Waals surface area contributed by atoms with Crippen molar-refractivity contribution in [3.8, 4) is 0 Å². The first-order chi connectivity index (χ1) is 9.08. The van der Waals surface area contributed by atoms with Crippen molar-refractivity contribution in [2.45, 2.75) is 17.1 Å². The lowest BCUT2D eigenvalue weighted by molar-refractivity contribution is -0.129. The Morgan fingerprint density at radius 3 is 2.32 bits per heavy atom. The topological polar surface area (TPSA) is 20.3 Å². The molecule has 0 heterocycles. The largest absolute Gasteiger partial charge is 0.334 e. The van der Waals surface area contributed by atoms with Crippen molar-refractivity contribution in [3.63, 3.8) is 0 Å². The van der Waals surface area contributed by atoms with Crippen LogP contribution in [0.1, 0.15) is 6.92 Å². The summed E-state index contributed by atoms with van der Waals surface area (Å²) in [6.45, 7) is 10.4. The number of hydrogen-bond acceptors (Lipinski definition) is 2. The Morgan fingerprint density at radius 1 is 1.32 bits per heavy atom. The summed E-state index contributed by atoms with van der Waals surface area (Å²) in [4.78, 5) is 15.1. The van der Waals surface area contributed by atoms with Gasteiger partial charge in [-0.15, -0.1) is 24.9 Å². The van der Waals surface area contributed by atoms with Crippen LogP contribution in [0.4, 0.5) is 0 Å². The Hall–Kier alpha value is -1.00. The van der Waals surface area contributed by atoms with Gasteiger partial charge in [-0.2, -0.15) is 0 Å². The summed E-state index contributed by atoms with van der Waals surface area (Å²) in [6.07, 6.45) is 3.47. The van der Waals surface area contributed by atoms with Gasteiger partial charge < -0.3 is 4.90 Å². The van der Waals surface area contributed by atoms with Gasteiger partial charge in [0, 0.05) is 22.5 Å². The summed E-state index contributed by atoms with van der Waals surface area (Å²) in [6, 6.07) is 7.96. The maximum Gasteiger partial charge on any atom is 0.236 e. The van der Waals surface area contributed by atoms with Gasteiger partial charge in [0.2, 0.25) is 5.91 Å². The standard InChI is InChI=1S/C15H18BrNOS/c1-4-10-17(11-5-2)15(18)12(3)19-14-8-6-13(16)7-9-14/h4-9,12H,1-2,10-11H2,3H3. The molecule has 102 valence electrons. The molecule has 0 fully saturated rings. The minimum absolute atomic E-state index is 0.104. The number of hydrogen-bond donors (Lipinski definition) is 0. The lowest BCUT2D eigenvalue weighted by atomic mass is 10.3. The van der Waals surface area contributed by atoms with Gasteiger partial charge in [-0.05, 0) is 31.2 Å². The lowest BCUT2D eigenvalue weighted by Crippen LogP contribution is -2.36. The number of rotatable bonds is 7. The molecule has 1 amide bonds. The van der Waals surface area contributed by atoms with Gasteiger partial charge >= 0.3 is 0 Å². The van der Waals surface area contributed by atoms with Crippen LogP contribution in [-0.2, 0) is 4.79 Å². The molecule has 1 rings (SSSR count). The minimum Gasteiger partial charge on any atom is -0.334 e. The van der Waals surface area contributed by atoms with E-state index >= 15 is 0 Å². The third-order valence-corrected chi connectivity index (χ3v) is 4.11. The molecule has 1 unspecified atom stereocenters.